The SMILES string of the molecule is COCCN(CC(=O)O)C(=O)CN(C)S(=O)(=O)c1cccnc1. The van der Waals surface area contributed by atoms with Crippen LogP contribution in [0.2, 0.25) is 0 Å². The molecular weight excluding hydrogens is 326 g/mol. The Morgan fingerprint density at radius 2 is 2.04 bits per heavy atom. The van der Waals surface area contributed by atoms with E-state index in [4.69, 9.17) is 9.84 Å². The van der Waals surface area contributed by atoms with Gasteiger partial charge in [-0.1, -0.05) is 0 Å². The monoisotopic (exact) mass is 345 g/mol. The first-order chi connectivity index (χ1) is 10.8. The van der Waals surface area contributed by atoms with Crippen LogP contribution in [0.4, 0.5) is 0 Å². The summed E-state index contributed by atoms with van der Waals surface area (Å²) in [5.41, 5.74) is 0. The first-order valence-electron chi connectivity index (χ1n) is 6.64. The zero-order valence-corrected chi connectivity index (χ0v) is 13.7. The zero-order valence-electron chi connectivity index (χ0n) is 12.9. The van der Waals surface area contributed by atoms with Gasteiger partial charge in [0, 0.05) is 33.1 Å². The van der Waals surface area contributed by atoms with Crippen LogP contribution in [-0.2, 0) is 24.3 Å². The van der Waals surface area contributed by atoms with Gasteiger partial charge >= 0.3 is 5.97 Å². The Morgan fingerprint density at radius 1 is 1.35 bits per heavy atom. The molecule has 9 nitrogen and oxygen atoms in total. The standard InChI is InChI=1S/C13H19N3O6S/c1-15(23(20,21)11-4-3-5-14-8-11)9-12(17)16(6-7-22-2)10-13(18)19/h3-5,8H,6-7,9-10H2,1-2H3,(H,18,19). The Morgan fingerprint density at radius 3 is 2.57 bits per heavy atom. The summed E-state index contributed by atoms with van der Waals surface area (Å²) < 4.78 is 30.3. The third kappa shape index (κ3) is 5.58. The van der Waals surface area contributed by atoms with E-state index in [1.165, 1.54) is 38.7 Å². The molecule has 1 amide bonds. The number of ether oxygens (including phenoxy) is 1. The number of carbonyl (C=O) groups excluding carboxylic acids is 1. The normalized spacial score (nSPS) is 11.4. The summed E-state index contributed by atoms with van der Waals surface area (Å²) >= 11 is 0. The number of pyridine rings is 1. The van der Waals surface area contributed by atoms with Crippen LogP contribution in [-0.4, -0.2) is 80.0 Å². The van der Waals surface area contributed by atoms with E-state index < -0.39 is 35.0 Å². The molecule has 1 aromatic heterocycles. The van der Waals surface area contributed by atoms with E-state index in [9.17, 15) is 18.0 Å². The molecule has 0 unspecified atom stereocenters. The summed E-state index contributed by atoms with van der Waals surface area (Å²) in [6.07, 6.45) is 2.61. The van der Waals surface area contributed by atoms with E-state index in [1.807, 2.05) is 0 Å². The minimum Gasteiger partial charge on any atom is -0.480 e. The van der Waals surface area contributed by atoms with Gasteiger partial charge in [0.25, 0.3) is 0 Å². The lowest BCUT2D eigenvalue weighted by atomic mass is 10.4. The van der Waals surface area contributed by atoms with Crippen molar-refractivity contribution in [3.05, 3.63) is 24.5 Å². The number of carbonyl (C=O) groups is 2. The molecule has 0 aromatic carbocycles. The van der Waals surface area contributed by atoms with Gasteiger partial charge in [0.05, 0.1) is 13.2 Å². The second-order valence-corrected chi connectivity index (χ2v) is 6.70. The van der Waals surface area contributed by atoms with E-state index in [2.05, 4.69) is 4.98 Å². The molecule has 1 N–H and O–H groups in total. The molecule has 0 saturated heterocycles. The molecule has 0 bridgehead atoms. The number of aromatic nitrogens is 1. The molecule has 0 saturated carbocycles. The number of carboxylic acids is 1. The number of likely N-dealkylation sites (N-methyl/N-ethyl adjacent to an activating group) is 1. The predicted molar refractivity (Wildman–Crippen MR) is 80.1 cm³/mol. The maximum atomic E-state index is 12.3. The van der Waals surface area contributed by atoms with Crippen LogP contribution in [0.25, 0.3) is 0 Å². The van der Waals surface area contributed by atoms with Crippen LogP contribution in [0.15, 0.2) is 29.4 Å². The van der Waals surface area contributed by atoms with Gasteiger partial charge in [0.1, 0.15) is 11.4 Å². The van der Waals surface area contributed by atoms with Crippen molar-refractivity contribution in [2.45, 2.75) is 4.90 Å². The summed E-state index contributed by atoms with van der Waals surface area (Å²) in [5, 5.41) is 8.83. The molecule has 1 heterocycles. The van der Waals surface area contributed by atoms with Gasteiger partial charge < -0.3 is 14.7 Å². The van der Waals surface area contributed by atoms with Crippen molar-refractivity contribution in [2.24, 2.45) is 0 Å². The smallest absolute Gasteiger partial charge is 0.323 e. The van der Waals surface area contributed by atoms with Crippen molar-refractivity contribution in [2.75, 3.05) is 40.4 Å². The third-order valence-electron chi connectivity index (χ3n) is 2.94. The Hall–Kier alpha value is -2.04. The highest BCUT2D eigenvalue weighted by Gasteiger charge is 2.26. The van der Waals surface area contributed by atoms with Crippen molar-refractivity contribution in [1.29, 1.82) is 0 Å². The van der Waals surface area contributed by atoms with Gasteiger partial charge in [-0.3, -0.25) is 14.6 Å². The van der Waals surface area contributed by atoms with E-state index in [0.29, 0.717) is 0 Å². The van der Waals surface area contributed by atoms with Gasteiger partial charge in [0.2, 0.25) is 15.9 Å². The highest BCUT2D eigenvalue weighted by atomic mass is 32.2. The number of rotatable bonds is 9. The van der Waals surface area contributed by atoms with Crippen LogP contribution in [0, 0.1) is 0 Å². The molecule has 0 aliphatic heterocycles. The number of carboxylic acid groups (broad SMARTS) is 1. The number of nitrogens with zero attached hydrogens (tertiary/aromatic N) is 3. The molecule has 0 fully saturated rings. The van der Waals surface area contributed by atoms with Crippen molar-refractivity contribution >= 4 is 21.9 Å². The fourth-order valence-corrected chi connectivity index (χ4v) is 2.80. The molecular formula is C13H19N3O6S. The van der Waals surface area contributed by atoms with Gasteiger partial charge in [-0.15, -0.1) is 0 Å². The maximum Gasteiger partial charge on any atom is 0.323 e. The van der Waals surface area contributed by atoms with Crippen molar-refractivity contribution < 1.29 is 27.9 Å². The molecule has 1 rings (SSSR count). The fourth-order valence-electron chi connectivity index (χ4n) is 1.71. The number of hydrogen-bond acceptors (Lipinski definition) is 6. The van der Waals surface area contributed by atoms with E-state index >= 15 is 0 Å². The lowest BCUT2D eigenvalue weighted by Crippen LogP contribution is -2.44. The average Bonchev–Trinajstić information content (AvgIpc) is 2.51. The largest absolute Gasteiger partial charge is 0.480 e. The summed E-state index contributed by atoms with van der Waals surface area (Å²) in [6.45, 7) is -0.794. The van der Waals surface area contributed by atoms with Gasteiger partial charge in [-0.05, 0) is 12.1 Å². The van der Waals surface area contributed by atoms with Gasteiger partial charge in [-0.2, -0.15) is 4.31 Å². The molecule has 0 aliphatic carbocycles. The Kier molecular flexibility index (Phi) is 7.07. The summed E-state index contributed by atoms with van der Waals surface area (Å²) in [5.74, 6) is -1.81. The lowest BCUT2D eigenvalue weighted by Gasteiger charge is -2.23. The fraction of sp³-hybridized carbons (Fsp3) is 0.462. The van der Waals surface area contributed by atoms with Crippen LogP contribution < -0.4 is 0 Å². The number of hydrogen-bond donors (Lipinski definition) is 1. The van der Waals surface area contributed by atoms with Gasteiger partial charge in [0.15, 0.2) is 0 Å². The molecule has 10 heteroatoms. The van der Waals surface area contributed by atoms with E-state index in [-0.39, 0.29) is 18.0 Å². The minimum atomic E-state index is -3.87. The molecule has 0 spiro atoms. The van der Waals surface area contributed by atoms with Crippen molar-refractivity contribution in [1.82, 2.24) is 14.2 Å². The minimum absolute atomic E-state index is 0.0445. The van der Waals surface area contributed by atoms with Crippen LogP contribution >= 0.6 is 0 Å². The zero-order chi connectivity index (χ0) is 17.5. The summed E-state index contributed by atoms with van der Waals surface area (Å²) in [4.78, 5) is 27.7. The molecule has 0 atom stereocenters. The second-order valence-electron chi connectivity index (χ2n) is 4.65. The summed E-state index contributed by atoms with van der Waals surface area (Å²) in [7, 11) is -1.21. The van der Waals surface area contributed by atoms with Crippen LogP contribution in [0.3, 0.4) is 0 Å². The Balaban J connectivity index is 2.82. The first-order valence-corrected chi connectivity index (χ1v) is 8.08. The molecule has 23 heavy (non-hydrogen) atoms. The summed E-state index contributed by atoms with van der Waals surface area (Å²) in [6, 6.07) is 2.83. The number of sulfonamides is 1. The first kappa shape index (κ1) is 19.0. The predicted octanol–water partition coefficient (Wildman–Crippen LogP) is -0.738. The van der Waals surface area contributed by atoms with Crippen LogP contribution in [0.1, 0.15) is 0 Å². The van der Waals surface area contributed by atoms with E-state index in [0.717, 1.165) is 9.21 Å². The quantitative estimate of drug-likeness (QED) is 0.626. The molecule has 0 aliphatic rings. The Labute approximate surface area is 134 Å². The highest BCUT2D eigenvalue weighted by Crippen LogP contribution is 2.12. The Bertz CT molecular complexity index is 634. The van der Waals surface area contributed by atoms with Gasteiger partial charge in [-0.25, -0.2) is 8.42 Å². The second kappa shape index (κ2) is 8.56. The topological polar surface area (TPSA) is 117 Å². The third-order valence-corrected chi connectivity index (χ3v) is 4.73. The number of amides is 1. The van der Waals surface area contributed by atoms with Crippen LogP contribution in [0.5, 0.6) is 0 Å². The van der Waals surface area contributed by atoms with Crippen molar-refractivity contribution in [3.63, 3.8) is 0 Å². The molecule has 128 valence electrons. The number of aliphatic carboxylic acids is 1. The lowest BCUT2D eigenvalue weighted by molar-refractivity contribution is -0.144. The molecule has 0 radical (unpaired) electrons. The van der Waals surface area contributed by atoms with Crippen molar-refractivity contribution in [3.8, 4) is 0 Å². The maximum absolute atomic E-state index is 12.3. The number of methoxy groups -OCH3 is 1. The molecule has 1 aromatic rings. The van der Waals surface area contributed by atoms with E-state index in [1.54, 1.807) is 0 Å². The average molecular weight is 345 g/mol. The highest BCUT2D eigenvalue weighted by molar-refractivity contribution is 7.89.